The molecule has 0 saturated carbocycles. The lowest BCUT2D eigenvalue weighted by molar-refractivity contribution is 0.476. The van der Waals surface area contributed by atoms with Crippen molar-refractivity contribution in [2.24, 2.45) is 0 Å². The van der Waals surface area contributed by atoms with E-state index in [1.165, 1.54) is 10.4 Å². The predicted octanol–water partition coefficient (Wildman–Crippen LogP) is 3.52. The van der Waals surface area contributed by atoms with Gasteiger partial charge in [-0.05, 0) is 30.0 Å². The zero-order valence-corrected chi connectivity index (χ0v) is 12.1. The lowest BCUT2D eigenvalue weighted by Gasteiger charge is -2.23. The number of nitrogens with zero attached hydrogens (tertiary/aromatic N) is 1. The standard InChI is InChI=1S/C15H20N2S/c1-12-6-7-13(10-17-12)9-16-11-15(2,3)14-5-4-8-18-14/h4-8,10,16H,9,11H2,1-3H3. The molecule has 0 aliphatic carbocycles. The second-order valence-corrected chi connectivity index (χ2v) is 6.22. The maximum atomic E-state index is 4.31. The van der Waals surface area contributed by atoms with Crippen molar-refractivity contribution < 1.29 is 0 Å². The lowest BCUT2D eigenvalue weighted by atomic mass is 9.91. The molecule has 0 unspecified atom stereocenters. The first-order chi connectivity index (χ1) is 8.58. The second kappa shape index (κ2) is 5.63. The van der Waals surface area contributed by atoms with Gasteiger partial charge in [0.1, 0.15) is 0 Å². The number of pyridine rings is 1. The highest BCUT2D eigenvalue weighted by molar-refractivity contribution is 7.10. The predicted molar refractivity (Wildman–Crippen MR) is 78.0 cm³/mol. The molecule has 2 rings (SSSR count). The molecule has 2 nitrogen and oxygen atoms in total. The van der Waals surface area contributed by atoms with Crippen molar-refractivity contribution in [3.05, 3.63) is 52.0 Å². The van der Waals surface area contributed by atoms with Crippen molar-refractivity contribution in [3.8, 4) is 0 Å². The van der Waals surface area contributed by atoms with E-state index in [0.29, 0.717) is 0 Å². The van der Waals surface area contributed by atoms with Crippen LogP contribution in [0.5, 0.6) is 0 Å². The van der Waals surface area contributed by atoms with Crippen molar-refractivity contribution in [2.45, 2.75) is 32.7 Å². The van der Waals surface area contributed by atoms with Crippen molar-refractivity contribution in [1.82, 2.24) is 10.3 Å². The van der Waals surface area contributed by atoms with Gasteiger partial charge in [0.25, 0.3) is 0 Å². The van der Waals surface area contributed by atoms with Gasteiger partial charge in [0.05, 0.1) is 0 Å². The van der Waals surface area contributed by atoms with Crippen LogP contribution in [0.1, 0.15) is 30.0 Å². The van der Waals surface area contributed by atoms with E-state index < -0.39 is 0 Å². The van der Waals surface area contributed by atoms with E-state index in [4.69, 9.17) is 0 Å². The summed E-state index contributed by atoms with van der Waals surface area (Å²) in [6.07, 6.45) is 1.94. The number of hydrogen-bond acceptors (Lipinski definition) is 3. The Morgan fingerprint density at radius 1 is 1.28 bits per heavy atom. The van der Waals surface area contributed by atoms with Gasteiger partial charge in [-0.1, -0.05) is 26.0 Å². The highest BCUT2D eigenvalue weighted by Gasteiger charge is 2.20. The lowest BCUT2D eigenvalue weighted by Crippen LogP contribution is -2.31. The summed E-state index contributed by atoms with van der Waals surface area (Å²) in [5, 5.41) is 5.66. The fourth-order valence-electron chi connectivity index (χ4n) is 1.87. The molecule has 0 spiro atoms. The maximum Gasteiger partial charge on any atom is 0.0372 e. The van der Waals surface area contributed by atoms with Crippen LogP contribution >= 0.6 is 11.3 Å². The largest absolute Gasteiger partial charge is 0.312 e. The zero-order valence-electron chi connectivity index (χ0n) is 11.2. The van der Waals surface area contributed by atoms with Gasteiger partial charge in [0.15, 0.2) is 0 Å². The molecule has 18 heavy (non-hydrogen) atoms. The van der Waals surface area contributed by atoms with Crippen molar-refractivity contribution >= 4 is 11.3 Å². The summed E-state index contributed by atoms with van der Waals surface area (Å²) in [6, 6.07) is 8.51. The quantitative estimate of drug-likeness (QED) is 0.889. The molecule has 2 aromatic heterocycles. The van der Waals surface area contributed by atoms with E-state index in [9.17, 15) is 0 Å². The van der Waals surface area contributed by atoms with Gasteiger partial charge >= 0.3 is 0 Å². The Kier molecular flexibility index (Phi) is 4.15. The molecule has 2 aromatic rings. The van der Waals surface area contributed by atoms with E-state index in [0.717, 1.165) is 18.8 Å². The first-order valence-electron chi connectivity index (χ1n) is 6.24. The van der Waals surface area contributed by atoms with Crippen LogP contribution in [0.25, 0.3) is 0 Å². The van der Waals surface area contributed by atoms with Crippen LogP contribution in [0, 0.1) is 6.92 Å². The third kappa shape index (κ3) is 3.40. The monoisotopic (exact) mass is 260 g/mol. The van der Waals surface area contributed by atoms with Crippen LogP contribution in [0.15, 0.2) is 35.8 Å². The molecule has 2 heterocycles. The summed E-state index contributed by atoms with van der Waals surface area (Å²) < 4.78 is 0. The maximum absolute atomic E-state index is 4.31. The fraction of sp³-hybridized carbons (Fsp3) is 0.400. The summed E-state index contributed by atoms with van der Waals surface area (Å²) in [5.74, 6) is 0. The minimum atomic E-state index is 0.187. The average molecular weight is 260 g/mol. The minimum absolute atomic E-state index is 0.187. The Hall–Kier alpha value is -1.19. The Morgan fingerprint density at radius 2 is 2.11 bits per heavy atom. The smallest absolute Gasteiger partial charge is 0.0372 e. The van der Waals surface area contributed by atoms with Crippen LogP contribution in [0.4, 0.5) is 0 Å². The van der Waals surface area contributed by atoms with Crippen LogP contribution in [-0.2, 0) is 12.0 Å². The SMILES string of the molecule is Cc1ccc(CNCC(C)(C)c2cccs2)cn1. The Bertz CT molecular complexity index is 472. The Balaban J connectivity index is 1.87. The second-order valence-electron chi connectivity index (χ2n) is 5.27. The molecule has 0 amide bonds. The van der Waals surface area contributed by atoms with E-state index in [-0.39, 0.29) is 5.41 Å². The highest BCUT2D eigenvalue weighted by Crippen LogP contribution is 2.26. The summed E-state index contributed by atoms with van der Waals surface area (Å²) in [5.41, 5.74) is 2.49. The van der Waals surface area contributed by atoms with Gasteiger partial charge in [-0.15, -0.1) is 11.3 Å². The van der Waals surface area contributed by atoms with Crippen LogP contribution in [0.2, 0.25) is 0 Å². The van der Waals surface area contributed by atoms with Gasteiger partial charge in [0, 0.05) is 35.3 Å². The number of rotatable bonds is 5. The van der Waals surface area contributed by atoms with Gasteiger partial charge in [-0.2, -0.15) is 0 Å². The molecule has 0 aliphatic heterocycles. The molecule has 0 atom stereocenters. The normalized spacial score (nSPS) is 11.7. The molecule has 1 N–H and O–H groups in total. The van der Waals surface area contributed by atoms with Crippen LogP contribution in [-0.4, -0.2) is 11.5 Å². The molecule has 0 bridgehead atoms. The van der Waals surface area contributed by atoms with E-state index in [1.54, 1.807) is 0 Å². The summed E-state index contributed by atoms with van der Waals surface area (Å²) in [7, 11) is 0. The van der Waals surface area contributed by atoms with Gasteiger partial charge < -0.3 is 5.32 Å². The third-order valence-electron chi connectivity index (χ3n) is 3.06. The molecule has 3 heteroatoms. The summed E-state index contributed by atoms with van der Waals surface area (Å²) in [4.78, 5) is 5.73. The van der Waals surface area contributed by atoms with Crippen molar-refractivity contribution in [2.75, 3.05) is 6.54 Å². The number of thiophene rings is 1. The molecule has 0 fully saturated rings. The van der Waals surface area contributed by atoms with Gasteiger partial charge in [-0.3, -0.25) is 4.98 Å². The first kappa shape index (κ1) is 13.2. The van der Waals surface area contributed by atoms with Crippen molar-refractivity contribution in [1.29, 1.82) is 0 Å². The molecular formula is C15H20N2S. The molecule has 96 valence electrons. The van der Waals surface area contributed by atoms with E-state index in [1.807, 2.05) is 24.5 Å². The van der Waals surface area contributed by atoms with E-state index >= 15 is 0 Å². The number of aryl methyl sites for hydroxylation is 1. The Morgan fingerprint density at radius 3 is 2.72 bits per heavy atom. The topological polar surface area (TPSA) is 24.9 Å². The van der Waals surface area contributed by atoms with Crippen LogP contribution in [0.3, 0.4) is 0 Å². The van der Waals surface area contributed by atoms with Gasteiger partial charge in [-0.25, -0.2) is 0 Å². The van der Waals surface area contributed by atoms with E-state index in [2.05, 4.69) is 53.8 Å². The highest BCUT2D eigenvalue weighted by atomic mass is 32.1. The summed E-state index contributed by atoms with van der Waals surface area (Å²) in [6.45, 7) is 8.42. The molecule has 0 saturated heterocycles. The minimum Gasteiger partial charge on any atom is -0.312 e. The molecule has 0 aromatic carbocycles. The molecule has 0 aliphatic rings. The van der Waals surface area contributed by atoms with Crippen LogP contribution < -0.4 is 5.32 Å². The van der Waals surface area contributed by atoms with Crippen molar-refractivity contribution in [3.63, 3.8) is 0 Å². The molecule has 0 radical (unpaired) electrons. The fourth-order valence-corrected chi connectivity index (χ4v) is 2.73. The summed E-state index contributed by atoms with van der Waals surface area (Å²) >= 11 is 1.83. The molecular weight excluding hydrogens is 240 g/mol. The third-order valence-corrected chi connectivity index (χ3v) is 4.29. The number of aromatic nitrogens is 1. The van der Waals surface area contributed by atoms with Gasteiger partial charge in [0.2, 0.25) is 0 Å². The first-order valence-corrected chi connectivity index (χ1v) is 7.12. The zero-order chi connectivity index (χ0) is 13.0. The number of nitrogens with one attached hydrogen (secondary N) is 1. The number of hydrogen-bond donors (Lipinski definition) is 1. The average Bonchev–Trinajstić information content (AvgIpc) is 2.86. The Labute approximate surface area is 113 Å².